The Morgan fingerprint density at radius 3 is 2.58 bits per heavy atom. The average molecular weight is 253 g/mol. The zero-order valence-corrected chi connectivity index (χ0v) is 11.7. The maximum absolute atomic E-state index is 5.79. The minimum absolute atomic E-state index is 0.112. The third-order valence-corrected chi connectivity index (χ3v) is 3.35. The number of fused-ring (bicyclic) bond motifs is 3. The van der Waals surface area contributed by atoms with Crippen LogP contribution in [0.4, 0.5) is 0 Å². The molecule has 0 radical (unpaired) electrons. The van der Waals surface area contributed by atoms with Gasteiger partial charge < -0.3 is 9.73 Å². The summed E-state index contributed by atoms with van der Waals surface area (Å²) in [5, 5.41) is 7.11. The molecular formula is C17H19NO. The molecule has 0 aliphatic heterocycles. The lowest BCUT2D eigenvalue weighted by molar-refractivity contribution is 0.423. The number of rotatable bonds is 2. The predicted molar refractivity (Wildman–Crippen MR) is 80.3 cm³/mol. The van der Waals surface area contributed by atoms with Gasteiger partial charge in [0.15, 0.2) is 0 Å². The van der Waals surface area contributed by atoms with E-state index in [9.17, 15) is 0 Å². The standard InChI is InChI=1S/C17H19NO/c1-17(2,3)18-10-13-11-19-16-14-7-5-4-6-12(14)8-9-15(13)16/h4-9,11,18H,10H2,1-3H3. The molecule has 3 aromatic rings. The van der Waals surface area contributed by atoms with Crippen molar-refractivity contribution in [1.82, 2.24) is 5.32 Å². The molecule has 0 saturated carbocycles. The summed E-state index contributed by atoms with van der Waals surface area (Å²) in [6, 6.07) is 12.7. The normalized spacial score (nSPS) is 12.4. The Bertz CT molecular complexity index is 719. The second-order valence-electron chi connectivity index (χ2n) is 6.03. The van der Waals surface area contributed by atoms with Gasteiger partial charge in [0, 0.05) is 28.4 Å². The Morgan fingerprint density at radius 2 is 1.79 bits per heavy atom. The van der Waals surface area contributed by atoms with Crippen LogP contribution in [0, 0.1) is 0 Å². The second-order valence-corrected chi connectivity index (χ2v) is 6.03. The highest BCUT2D eigenvalue weighted by molar-refractivity contribution is 6.05. The lowest BCUT2D eigenvalue weighted by Crippen LogP contribution is -2.34. The maximum atomic E-state index is 5.79. The van der Waals surface area contributed by atoms with Gasteiger partial charge in [0.05, 0.1) is 6.26 Å². The van der Waals surface area contributed by atoms with Crippen molar-refractivity contribution in [3.05, 3.63) is 48.2 Å². The highest BCUT2D eigenvalue weighted by Crippen LogP contribution is 2.29. The van der Waals surface area contributed by atoms with Gasteiger partial charge in [0.2, 0.25) is 0 Å². The second kappa shape index (κ2) is 4.39. The van der Waals surface area contributed by atoms with Gasteiger partial charge >= 0.3 is 0 Å². The third kappa shape index (κ3) is 2.36. The number of nitrogens with one attached hydrogen (secondary N) is 1. The van der Waals surface area contributed by atoms with E-state index in [0.717, 1.165) is 12.1 Å². The Hall–Kier alpha value is -1.80. The minimum atomic E-state index is 0.112. The van der Waals surface area contributed by atoms with Crippen molar-refractivity contribution in [2.24, 2.45) is 0 Å². The van der Waals surface area contributed by atoms with Crippen LogP contribution in [0.15, 0.2) is 47.1 Å². The fourth-order valence-electron chi connectivity index (χ4n) is 2.31. The zero-order valence-electron chi connectivity index (χ0n) is 11.7. The predicted octanol–water partition coefficient (Wildman–Crippen LogP) is 4.47. The van der Waals surface area contributed by atoms with Crippen LogP contribution in [-0.4, -0.2) is 5.54 Å². The van der Waals surface area contributed by atoms with E-state index in [0.29, 0.717) is 0 Å². The van der Waals surface area contributed by atoms with Crippen LogP contribution in [0.25, 0.3) is 21.7 Å². The topological polar surface area (TPSA) is 25.2 Å². The van der Waals surface area contributed by atoms with Crippen molar-refractivity contribution in [2.45, 2.75) is 32.9 Å². The van der Waals surface area contributed by atoms with E-state index in [1.165, 1.54) is 21.7 Å². The van der Waals surface area contributed by atoms with Crippen molar-refractivity contribution < 1.29 is 4.42 Å². The molecule has 0 saturated heterocycles. The van der Waals surface area contributed by atoms with E-state index in [-0.39, 0.29) is 5.54 Å². The van der Waals surface area contributed by atoms with Crippen molar-refractivity contribution in [2.75, 3.05) is 0 Å². The molecule has 0 aliphatic rings. The molecule has 19 heavy (non-hydrogen) atoms. The summed E-state index contributed by atoms with van der Waals surface area (Å²) >= 11 is 0. The van der Waals surface area contributed by atoms with Gasteiger partial charge in [0.25, 0.3) is 0 Å². The summed E-state index contributed by atoms with van der Waals surface area (Å²) in [6.45, 7) is 7.34. The monoisotopic (exact) mass is 253 g/mol. The third-order valence-electron chi connectivity index (χ3n) is 3.35. The van der Waals surface area contributed by atoms with Crippen LogP contribution < -0.4 is 5.32 Å². The van der Waals surface area contributed by atoms with E-state index >= 15 is 0 Å². The van der Waals surface area contributed by atoms with Gasteiger partial charge in [-0.25, -0.2) is 0 Å². The molecule has 98 valence electrons. The number of furan rings is 1. The molecule has 2 heteroatoms. The molecule has 0 aliphatic carbocycles. The highest BCUT2D eigenvalue weighted by atomic mass is 16.3. The summed E-state index contributed by atoms with van der Waals surface area (Å²) in [5.41, 5.74) is 2.32. The van der Waals surface area contributed by atoms with Gasteiger partial charge in [-0.3, -0.25) is 0 Å². The Kier molecular flexibility index (Phi) is 2.83. The van der Waals surface area contributed by atoms with Crippen LogP contribution in [0.2, 0.25) is 0 Å². The summed E-state index contributed by atoms with van der Waals surface area (Å²) in [4.78, 5) is 0. The quantitative estimate of drug-likeness (QED) is 0.728. The number of hydrogen-bond donors (Lipinski definition) is 1. The fourth-order valence-corrected chi connectivity index (χ4v) is 2.31. The van der Waals surface area contributed by atoms with Gasteiger partial charge in [-0.15, -0.1) is 0 Å². The summed E-state index contributed by atoms with van der Waals surface area (Å²) in [7, 11) is 0. The van der Waals surface area contributed by atoms with Gasteiger partial charge in [0.1, 0.15) is 5.58 Å². The maximum Gasteiger partial charge on any atom is 0.142 e. The smallest absolute Gasteiger partial charge is 0.142 e. The molecule has 0 bridgehead atoms. The first kappa shape index (κ1) is 12.2. The van der Waals surface area contributed by atoms with E-state index in [1.54, 1.807) is 0 Å². The molecule has 2 aromatic carbocycles. The fraction of sp³-hybridized carbons (Fsp3) is 0.294. The SMILES string of the molecule is CC(C)(C)NCc1coc2c1ccc1ccccc12. The van der Waals surface area contributed by atoms with Crippen molar-refractivity contribution >= 4 is 21.7 Å². The lowest BCUT2D eigenvalue weighted by Gasteiger charge is -2.19. The highest BCUT2D eigenvalue weighted by Gasteiger charge is 2.12. The molecule has 0 spiro atoms. The summed E-state index contributed by atoms with van der Waals surface area (Å²) < 4.78 is 5.79. The molecule has 0 fully saturated rings. The van der Waals surface area contributed by atoms with Crippen LogP contribution in [0.1, 0.15) is 26.3 Å². The first-order valence-electron chi connectivity index (χ1n) is 6.67. The number of hydrogen-bond acceptors (Lipinski definition) is 2. The average Bonchev–Trinajstić information content (AvgIpc) is 2.79. The van der Waals surface area contributed by atoms with E-state index in [1.807, 2.05) is 6.26 Å². The van der Waals surface area contributed by atoms with Crippen molar-refractivity contribution in [3.63, 3.8) is 0 Å². The van der Waals surface area contributed by atoms with Crippen LogP contribution in [0.5, 0.6) is 0 Å². The molecule has 1 heterocycles. The van der Waals surface area contributed by atoms with E-state index in [2.05, 4.69) is 62.5 Å². The molecule has 0 unspecified atom stereocenters. The van der Waals surface area contributed by atoms with Gasteiger partial charge in [-0.2, -0.15) is 0 Å². The van der Waals surface area contributed by atoms with Crippen molar-refractivity contribution in [3.8, 4) is 0 Å². The Morgan fingerprint density at radius 1 is 1.00 bits per heavy atom. The molecule has 3 rings (SSSR count). The zero-order chi connectivity index (χ0) is 13.5. The number of benzene rings is 2. The summed E-state index contributed by atoms with van der Waals surface area (Å²) in [6.07, 6.45) is 1.87. The molecule has 0 amide bonds. The van der Waals surface area contributed by atoms with E-state index < -0.39 is 0 Å². The van der Waals surface area contributed by atoms with Gasteiger partial charge in [-0.05, 0) is 26.2 Å². The van der Waals surface area contributed by atoms with Gasteiger partial charge in [-0.1, -0.05) is 36.4 Å². The molecule has 1 aromatic heterocycles. The Labute approximate surface area is 113 Å². The van der Waals surface area contributed by atoms with Crippen LogP contribution >= 0.6 is 0 Å². The minimum Gasteiger partial charge on any atom is -0.463 e. The first-order chi connectivity index (χ1) is 9.04. The lowest BCUT2D eigenvalue weighted by atomic mass is 10.0. The van der Waals surface area contributed by atoms with Crippen LogP contribution in [-0.2, 0) is 6.54 Å². The molecule has 0 atom stereocenters. The largest absolute Gasteiger partial charge is 0.463 e. The molecule has 2 nitrogen and oxygen atoms in total. The summed E-state index contributed by atoms with van der Waals surface area (Å²) in [5.74, 6) is 0. The molecule has 1 N–H and O–H groups in total. The first-order valence-corrected chi connectivity index (χ1v) is 6.67. The van der Waals surface area contributed by atoms with Crippen molar-refractivity contribution in [1.29, 1.82) is 0 Å². The Balaban J connectivity index is 2.06. The van der Waals surface area contributed by atoms with E-state index in [4.69, 9.17) is 4.42 Å². The molecular weight excluding hydrogens is 234 g/mol. The van der Waals surface area contributed by atoms with Crippen LogP contribution in [0.3, 0.4) is 0 Å².